The summed E-state index contributed by atoms with van der Waals surface area (Å²) in [5.74, 6) is -0.509. The second-order valence-electron chi connectivity index (χ2n) is 11.2. The minimum absolute atomic E-state index is 0.00112. The van der Waals surface area contributed by atoms with Gasteiger partial charge in [-0.25, -0.2) is 12.7 Å². The molecular formula is C35H36F3N3O4S. The molecule has 1 amide bonds. The summed E-state index contributed by atoms with van der Waals surface area (Å²) >= 11 is 0. The highest BCUT2D eigenvalue weighted by atomic mass is 32.2. The van der Waals surface area contributed by atoms with E-state index in [0.29, 0.717) is 22.4 Å². The van der Waals surface area contributed by atoms with Crippen LogP contribution in [0.2, 0.25) is 0 Å². The molecule has 4 aromatic rings. The molecule has 0 saturated heterocycles. The third kappa shape index (κ3) is 9.29. The van der Waals surface area contributed by atoms with Gasteiger partial charge in [0.05, 0.1) is 23.2 Å². The summed E-state index contributed by atoms with van der Waals surface area (Å²) in [7, 11) is -3.79. The summed E-state index contributed by atoms with van der Waals surface area (Å²) in [6.45, 7) is 5.65. The summed E-state index contributed by atoms with van der Waals surface area (Å²) < 4.78 is 66.6. The number of halogens is 3. The van der Waals surface area contributed by atoms with Crippen molar-refractivity contribution in [3.05, 3.63) is 138 Å². The van der Waals surface area contributed by atoms with Crippen LogP contribution in [0.25, 0.3) is 5.57 Å². The van der Waals surface area contributed by atoms with E-state index in [0.717, 1.165) is 28.3 Å². The fraction of sp³-hybridized carbons (Fsp3) is 0.229. The second-order valence-corrected chi connectivity index (χ2v) is 13.0. The molecule has 1 unspecified atom stereocenters. The van der Waals surface area contributed by atoms with Gasteiger partial charge < -0.3 is 10.4 Å². The van der Waals surface area contributed by atoms with E-state index in [-0.39, 0.29) is 37.2 Å². The molecule has 0 heterocycles. The molecule has 242 valence electrons. The van der Waals surface area contributed by atoms with Gasteiger partial charge in [-0.2, -0.15) is 13.2 Å². The quantitative estimate of drug-likeness (QED) is 0.140. The van der Waals surface area contributed by atoms with Crippen molar-refractivity contribution in [1.29, 1.82) is 0 Å². The van der Waals surface area contributed by atoms with E-state index in [9.17, 15) is 31.5 Å². The lowest BCUT2D eigenvalue weighted by atomic mass is 9.98. The molecule has 4 aromatic carbocycles. The molecule has 7 nitrogen and oxygen atoms in total. The molecule has 0 radical (unpaired) electrons. The first-order chi connectivity index (χ1) is 21.6. The minimum atomic E-state index is -4.50. The Morgan fingerprint density at radius 1 is 0.848 bits per heavy atom. The third-order valence-corrected chi connectivity index (χ3v) is 8.35. The first-order valence-electron chi connectivity index (χ1n) is 14.5. The number of amides is 1. The first-order valence-corrected chi connectivity index (χ1v) is 16.3. The summed E-state index contributed by atoms with van der Waals surface area (Å²) in [5, 5.41) is 17.4. The number of anilines is 2. The van der Waals surface area contributed by atoms with Crippen molar-refractivity contribution in [3.8, 4) is 0 Å². The number of nitrogens with one attached hydrogen (secondary N) is 2. The molecule has 0 saturated carbocycles. The fourth-order valence-electron chi connectivity index (χ4n) is 4.98. The van der Waals surface area contributed by atoms with E-state index in [2.05, 4.69) is 17.2 Å². The number of para-hydroxylation sites is 1. The zero-order valence-corrected chi connectivity index (χ0v) is 26.3. The van der Waals surface area contributed by atoms with Gasteiger partial charge in [-0.3, -0.25) is 10.1 Å². The van der Waals surface area contributed by atoms with Crippen LogP contribution < -0.4 is 14.9 Å². The lowest BCUT2D eigenvalue weighted by Gasteiger charge is -2.30. The summed E-state index contributed by atoms with van der Waals surface area (Å²) in [6, 6.07) is 27.1. The number of carbonyl (C=O) groups is 1. The molecular weight excluding hydrogens is 615 g/mol. The van der Waals surface area contributed by atoms with Crippen LogP contribution in [0.15, 0.2) is 110 Å². The molecule has 0 bridgehead atoms. The predicted octanol–water partition coefficient (Wildman–Crippen LogP) is 6.68. The van der Waals surface area contributed by atoms with Crippen LogP contribution in [0.5, 0.6) is 0 Å². The van der Waals surface area contributed by atoms with Gasteiger partial charge in [-0.1, -0.05) is 78.9 Å². The van der Waals surface area contributed by atoms with E-state index in [4.69, 9.17) is 0 Å². The third-order valence-electron chi connectivity index (χ3n) is 7.27. The van der Waals surface area contributed by atoms with Gasteiger partial charge in [0, 0.05) is 31.5 Å². The number of aliphatic hydroxyl groups is 1. The summed E-state index contributed by atoms with van der Waals surface area (Å²) in [6.07, 6.45) is -3.29. The van der Waals surface area contributed by atoms with E-state index in [1.807, 2.05) is 30.3 Å². The van der Waals surface area contributed by atoms with E-state index < -0.39 is 33.4 Å². The Labute approximate surface area is 267 Å². The Kier molecular flexibility index (Phi) is 10.7. The van der Waals surface area contributed by atoms with Crippen LogP contribution >= 0.6 is 0 Å². The lowest BCUT2D eigenvalue weighted by Crippen LogP contribution is -2.49. The molecule has 46 heavy (non-hydrogen) atoms. The molecule has 0 aliphatic carbocycles. The van der Waals surface area contributed by atoms with Crippen LogP contribution in [0, 0.1) is 0 Å². The number of carbonyl (C=O) groups excluding carboxylic acids is 1. The SMILES string of the molecule is C=C(C)c1cc(C(=O)NCCC(O)(Cc2ccccc2)NCc2cccc(C(F)(F)F)c2)cc(N(c2ccccc2)S(C)(=O)=O)c1. The van der Waals surface area contributed by atoms with E-state index >= 15 is 0 Å². The number of sulfonamides is 1. The van der Waals surface area contributed by atoms with Gasteiger partial charge in [0.15, 0.2) is 0 Å². The number of rotatable bonds is 13. The van der Waals surface area contributed by atoms with Crippen LogP contribution in [-0.2, 0) is 29.2 Å². The second kappa shape index (κ2) is 14.3. The first kappa shape index (κ1) is 34.4. The highest BCUT2D eigenvalue weighted by Gasteiger charge is 2.31. The Morgan fingerprint density at radius 3 is 2.07 bits per heavy atom. The van der Waals surface area contributed by atoms with Crippen molar-refractivity contribution in [1.82, 2.24) is 10.6 Å². The standard InChI is InChI=1S/C35H36F3N3O4S/c1-25(2)28-20-29(22-32(21-28)41(46(3,44)45)31-15-8-5-9-16-31)33(42)39-18-17-34(43,23-26-11-6-4-7-12-26)40-24-27-13-10-14-30(19-27)35(36,37)38/h4-16,19-22,40,43H,1,17-18,23-24H2,2-3H3,(H,39,42). The Morgan fingerprint density at radius 2 is 1.46 bits per heavy atom. The zero-order chi connectivity index (χ0) is 33.5. The van der Waals surface area contributed by atoms with Crippen molar-refractivity contribution in [2.45, 2.75) is 38.2 Å². The van der Waals surface area contributed by atoms with Crippen LogP contribution in [0.4, 0.5) is 24.5 Å². The largest absolute Gasteiger partial charge is 0.416 e. The number of alkyl halides is 3. The predicted molar refractivity (Wildman–Crippen MR) is 175 cm³/mol. The molecule has 0 aliphatic rings. The summed E-state index contributed by atoms with van der Waals surface area (Å²) in [5.41, 5.74) is 0.761. The number of hydrogen-bond donors (Lipinski definition) is 3. The van der Waals surface area contributed by atoms with Crippen LogP contribution in [-0.4, -0.2) is 38.0 Å². The average molecular weight is 652 g/mol. The van der Waals surface area contributed by atoms with Gasteiger partial charge in [-0.15, -0.1) is 0 Å². The van der Waals surface area contributed by atoms with Gasteiger partial charge >= 0.3 is 6.18 Å². The monoisotopic (exact) mass is 651 g/mol. The van der Waals surface area contributed by atoms with E-state index in [1.165, 1.54) is 18.2 Å². The minimum Gasteiger partial charge on any atom is -0.375 e. The maximum absolute atomic E-state index is 13.4. The van der Waals surface area contributed by atoms with Gasteiger partial charge in [0.1, 0.15) is 5.72 Å². The van der Waals surface area contributed by atoms with Crippen molar-refractivity contribution in [3.63, 3.8) is 0 Å². The van der Waals surface area contributed by atoms with Gasteiger partial charge in [0.25, 0.3) is 5.91 Å². The molecule has 1 atom stereocenters. The van der Waals surface area contributed by atoms with Gasteiger partial charge in [0.2, 0.25) is 10.0 Å². The maximum Gasteiger partial charge on any atom is 0.416 e. The Balaban J connectivity index is 1.55. The molecule has 0 fully saturated rings. The molecule has 0 aromatic heterocycles. The maximum atomic E-state index is 13.4. The van der Waals surface area contributed by atoms with E-state index in [1.54, 1.807) is 49.4 Å². The highest BCUT2D eigenvalue weighted by molar-refractivity contribution is 7.92. The smallest absolute Gasteiger partial charge is 0.375 e. The normalized spacial score (nSPS) is 13.1. The van der Waals surface area contributed by atoms with Crippen molar-refractivity contribution >= 4 is 32.9 Å². The molecule has 4 rings (SSSR count). The molecule has 11 heteroatoms. The molecule has 0 spiro atoms. The number of benzene rings is 4. The molecule has 0 aliphatic heterocycles. The Bertz CT molecular complexity index is 1780. The zero-order valence-electron chi connectivity index (χ0n) is 25.5. The van der Waals surface area contributed by atoms with Crippen molar-refractivity contribution in [2.24, 2.45) is 0 Å². The molecule has 3 N–H and O–H groups in total. The lowest BCUT2D eigenvalue weighted by molar-refractivity contribution is -0.137. The van der Waals surface area contributed by atoms with Crippen LogP contribution in [0.3, 0.4) is 0 Å². The fourth-order valence-corrected chi connectivity index (χ4v) is 5.98. The number of nitrogens with zero attached hydrogens (tertiary/aromatic N) is 1. The van der Waals surface area contributed by atoms with Crippen LogP contribution in [0.1, 0.15) is 46.0 Å². The number of hydrogen-bond acceptors (Lipinski definition) is 5. The Hall–Kier alpha value is -4.45. The highest BCUT2D eigenvalue weighted by Crippen LogP contribution is 2.32. The van der Waals surface area contributed by atoms with Crippen molar-refractivity contribution < 1.29 is 31.5 Å². The van der Waals surface area contributed by atoms with Gasteiger partial charge in [-0.05, 0) is 60.0 Å². The average Bonchev–Trinajstić information content (AvgIpc) is 3.00. The van der Waals surface area contributed by atoms with Crippen molar-refractivity contribution in [2.75, 3.05) is 17.1 Å². The number of allylic oxidation sites excluding steroid dienone is 1. The summed E-state index contributed by atoms with van der Waals surface area (Å²) in [4.78, 5) is 13.4. The topological polar surface area (TPSA) is 98.7 Å².